The summed E-state index contributed by atoms with van der Waals surface area (Å²) in [6.45, 7) is 0.510. The first-order valence-electron chi connectivity index (χ1n) is 10.3. The Kier molecular flexibility index (Phi) is 6.11. The van der Waals surface area contributed by atoms with Gasteiger partial charge >= 0.3 is 5.97 Å². The molecule has 2 aromatic rings. The Balaban J connectivity index is 1.56. The number of methoxy groups -OCH3 is 1. The highest BCUT2D eigenvalue weighted by molar-refractivity contribution is 6.22. The Labute approximate surface area is 189 Å². The minimum absolute atomic E-state index is 0.134. The van der Waals surface area contributed by atoms with E-state index < -0.39 is 29.7 Å². The lowest BCUT2D eigenvalue weighted by molar-refractivity contribution is -0.145. The Morgan fingerprint density at radius 2 is 1.91 bits per heavy atom. The van der Waals surface area contributed by atoms with E-state index in [1.807, 2.05) is 12.1 Å². The van der Waals surface area contributed by atoms with Gasteiger partial charge in [0.15, 0.2) is 0 Å². The van der Waals surface area contributed by atoms with Crippen LogP contribution in [0.2, 0.25) is 0 Å². The fourth-order valence-electron chi connectivity index (χ4n) is 4.17. The maximum atomic E-state index is 12.9. The Morgan fingerprint density at radius 3 is 2.55 bits per heavy atom. The number of hydrogen-bond acceptors (Lipinski definition) is 7. The van der Waals surface area contributed by atoms with Crippen LogP contribution < -0.4 is 10.8 Å². The molecule has 33 heavy (non-hydrogen) atoms. The Bertz CT molecular complexity index is 1180. The number of nitrogens with zero attached hydrogens (tertiary/aromatic N) is 1. The van der Waals surface area contributed by atoms with Crippen LogP contribution in [0.15, 0.2) is 42.5 Å². The van der Waals surface area contributed by atoms with Crippen LogP contribution in [-0.2, 0) is 14.3 Å². The van der Waals surface area contributed by atoms with Gasteiger partial charge in [0.2, 0.25) is 0 Å². The molecule has 9 heteroatoms. The highest BCUT2D eigenvalue weighted by Gasteiger charge is 2.44. The van der Waals surface area contributed by atoms with Gasteiger partial charge in [0.05, 0.1) is 24.7 Å². The summed E-state index contributed by atoms with van der Waals surface area (Å²) in [6.07, 6.45) is 0.0740. The molecule has 4 rings (SSSR count). The molecule has 2 aromatic carbocycles. The van der Waals surface area contributed by atoms with Gasteiger partial charge in [-0.2, -0.15) is 0 Å². The molecule has 0 aliphatic carbocycles. The maximum Gasteiger partial charge on any atom is 0.329 e. The van der Waals surface area contributed by atoms with Crippen molar-refractivity contribution in [3.8, 4) is 11.8 Å². The number of ether oxygens (including phenoxy) is 1. The van der Waals surface area contributed by atoms with Crippen LogP contribution in [0.5, 0.6) is 0 Å². The van der Waals surface area contributed by atoms with E-state index in [4.69, 9.17) is 9.94 Å². The molecule has 0 bridgehead atoms. The second-order valence-corrected chi connectivity index (χ2v) is 7.69. The number of hydrogen-bond donors (Lipinski definition) is 3. The zero-order valence-electron chi connectivity index (χ0n) is 17.8. The molecule has 168 valence electrons. The molecule has 1 unspecified atom stereocenters. The summed E-state index contributed by atoms with van der Waals surface area (Å²) in [7, 11) is 1.23. The number of amides is 3. The second-order valence-electron chi connectivity index (χ2n) is 7.69. The molecule has 3 amide bonds. The summed E-state index contributed by atoms with van der Waals surface area (Å²) in [5.74, 6) is 3.13. The number of rotatable bonds is 5. The van der Waals surface area contributed by atoms with E-state index >= 15 is 0 Å². The number of nitrogens with one attached hydrogen (secondary N) is 2. The van der Waals surface area contributed by atoms with Gasteiger partial charge in [-0.25, -0.2) is 10.3 Å². The first kappa shape index (κ1) is 22.0. The fourth-order valence-corrected chi connectivity index (χ4v) is 4.17. The lowest BCUT2D eigenvalue weighted by atomic mass is 9.92. The molecule has 0 saturated carbocycles. The second kappa shape index (κ2) is 9.14. The summed E-state index contributed by atoms with van der Waals surface area (Å²) < 4.78 is 4.94. The van der Waals surface area contributed by atoms with Gasteiger partial charge in [-0.1, -0.05) is 30.0 Å². The molecule has 2 aliphatic heterocycles. The zero-order chi connectivity index (χ0) is 23.5. The van der Waals surface area contributed by atoms with E-state index in [1.54, 1.807) is 30.3 Å². The Morgan fingerprint density at radius 1 is 1.21 bits per heavy atom. The molecule has 0 spiro atoms. The molecule has 0 saturated heterocycles. The van der Waals surface area contributed by atoms with E-state index in [0.717, 1.165) is 16.2 Å². The summed E-state index contributed by atoms with van der Waals surface area (Å²) >= 11 is 0. The van der Waals surface area contributed by atoms with Crippen LogP contribution in [0.4, 0.5) is 5.69 Å². The molecule has 2 aliphatic rings. The number of carbonyl (C=O) groups is 4. The predicted molar refractivity (Wildman–Crippen MR) is 116 cm³/mol. The monoisotopic (exact) mass is 447 g/mol. The van der Waals surface area contributed by atoms with Crippen LogP contribution in [0, 0.1) is 11.8 Å². The van der Waals surface area contributed by atoms with E-state index in [2.05, 4.69) is 17.2 Å². The normalized spacial score (nSPS) is 16.8. The van der Waals surface area contributed by atoms with Gasteiger partial charge in [0.25, 0.3) is 17.7 Å². The van der Waals surface area contributed by atoms with E-state index in [1.165, 1.54) is 12.6 Å². The highest BCUT2D eigenvalue weighted by atomic mass is 16.5. The number of imide groups is 1. The SMILES string of the molecule is COC(=O)[C@H](CC1CNc2cc(C#CCC(=O)NO)ccc21)N1C(=O)c2ccccc2C1=O. The van der Waals surface area contributed by atoms with Crippen molar-refractivity contribution in [1.82, 2.24) is 10.4 Å². The average Bonchev–Trinajstić information content (AvgIpc) is 3.35. The minimum Gasteiger partial charge on any atom is -0.467 e. The van der Waals surface area contributed by atoms with Crippen molar-refractivity contribution in [1.29, 1.82) is 0 Å². The van der Waals surface area contributed by atoms with Gasteiger partial charge < -0.3 is 10.1 Å². The number of fused-ring (bicyclic) bond motifs is 2. The van der Waals surface area contributed by atoms with Crippen molar-refractivity contribution in [3.05, 3.63) is 64.7 Å². The third kappa shape index (κ3) is 4.16. The van der Waals surface area contributed by atoms with Crippen molar-refractivity contribution < 1.29 is 29.1 Å². The summed E-state index contributed by atoms with van der Waals surface area (Å²) in [6, 6.07) is 10.9. The number of benzene rings is 2. The number of hydroxylamine groups is 1. The molecule has 0 aromatic heterocycles. The first-order chi connectivity index (χ1) is 15.9. The molecule has 3 N–H and O–H groups in total. The van der Waals surface area contributed by atoms with Gasteiger partial charge in [-0.15, -0.1) is 0 Å². The summed E-state index contributed by atoms with van der Waals surface area (Å²) in [5, 5.41) is 11.8. The van der Waals surface area contributed by atoms with Crippen LogP contribution in [0.1, 0.15) is 50.6 Å². The number of esters is 1. The van der Waals surface area contributed by atoms with Crippen LogP contribution in [0.25, 0.3) is 0 Å². The van der Waals surface area contributed by atoms with Gasteiger partial charge in [-0.05, 0) is 36.2 Å². The van der Waals surface area contributed by atoms with Crippen molar-refractivity contribution >= 4 is 29.4 Å². The van der Waals surface area contributed by atoms with Crippen LogP contribution >= 0.6 is 0 Å². The third-order valence-corrected chi connectivity index (χ3v) is 5.76. The van der Waals surface area contributed by atoms with Gasteiger partial charge in [0.1, 0.15) is 6.04 Å². The third-order valence-electron chi connectivity index (χ3n) is 5.76. The van der Waals surface area contributed by atoms with Crippen molar-refractivity contribution in [2.24, 2.45) is 0 Å². The largest absolute Gasteiger partial charge is 0.467 e. The lowest BCUT2D eigenvalue weighted by Crippen LogP contribution is -2.46. The van der Waals surface area contributed by atoms with E-state index in [9.17, 15) is 19.2 Å². The smallest absolute Gasteiger partial charge is 0.329 e. The molecule has 2 heterocycles. The topological polar surface area (TPSA) is 125 Å². The molecule has 0 fully saturated rings. The molecule has 2 atom stereocenters. The number of carbonyl (C=O) groups excluding carboxylic acids is 4. The van der Waals surface area contributed by atoms with Crippen LogP contribution in [-0.4, -0.2) is 53.5 Å². The standard InChI is InChI=1S/C24H21N3O6/c1-33-24(31)20(27-22(29)17-6-2-3-7-18(17)23(27)30)12-15-13-25-19-11-14(9-10-16(15)19)5-4-8-21(28)26-32/h2-3,6-7,9-11,15,20,25,32H,8,12-13H2,1H3,(H,26,28)/t15?,20-/m0/s1. The maximum absolute atomic E-state index is 12.9. The molecular weight excluding hydrogens is 426 g/mol. The van der Waals surface area contributed by atoms with E-state index in [-0.39, 0.29) is 29.9 Å². The van der Waals surface area contributed by atoms with Gasteiger partial charge in [0, 0.05) is 23.7 Å². The zero-order valence-corrected chi connectivity index (χ0v) is 17.8. The lowest BCUT2D eigenvalue weighted by Gasteiger charge is -2.26. The van der Waals surface area contributed by atoms with Crippen LogP contribution in [0.3, 0.4) is 0 Å². The van der Waals surface area contributed by atoms with Crippen molar-refractivity contribution in [2.45, 2.75) is 24.8 Å². The van der Waals surface area contributed by atoms with Crippen molar-refractivity contribution in [2.75, 3.05) is 19.0 Å². The van der Waals surface area contributed by atoms with Crippen molar-refractivity contribution in [3.63, 3.8) is 0 Å². The summed E-state index contributed by atoms with van der Waals surface area (Å²) in [4.78, 5) is 50.6. The molecular formula is C24H21N3O6. The van der Waals surface area contributed by atoms with E-state index in [0.29, 0.717) is 12.1 Å². The number of anilines is 1. The molecule has 0 radical (unpaired) electrons. The Hall–Kier alpha value is -4.16. The average molecular weight is 447 g/mol. The highest BCUT2D eigenvalue weighted by Crippen LogP contribution is 2.37. The quantitative estimate of drug-likeness (QED) is 0.209. The predicted octanol–water partition coefficient (Wildman–Crippen LogP) is 1.67. The minimum atomic E-state index is -1.06. The van der Waals surface area contributed by atoms with Gasteiger partial charge in [-0.3, -0.25) is 24.5 Å². The molecule has 9 nitrogen and oxygen atoms in total. The first-order valence-corrected chi connectivity index (χ1v) is 10.3. The fraction of sp³-hybridized carbons (Fsp3) is 0.250. The summed E-state index contributed by atoms with van der Waals surface area (Å²) in [5.41, 5.74) is 4.51.